The number of ether oxygens (including phenoxy) is 1. The molecule has 1 aliphatic carbocycles. The van der Waals surface area contributed by atoms with Gasteiger partial charge in [-0.15, -0.1) is 6.42 Å². The van der Waals surface area contributed by atoms with Crippen LogP contribution in [0, 0.1) is 24.2 Å². The van der Waals surface area contributed by atoms with Crippen molar-refractivity contribution in [1.82, 2.24) is 14.9 Å². The third kappa shape index (κ3) is 8.08. The van der Waals surface area contributed by atoms with Crippen molar-refractivity contribution in [2.75, 3.05) is 0 Å². The zero-order valence-corrected chi connectivity index (χ0v) is 26.5. The lowest BCUT2D eigenvalue weighted by atomic mass is 9.80. The molecule has 232 valence electrons. The van der Waals surface area contributed by atoms with E-state index >= 15 is 0 Å². The van der Waals surface area contributed by atoms with Crippen LogP contribution in [0.2, 0.25) is 10.0 Å². The number of halogens is 2. The number of nitrogens with one attached hydrogen (secondary N) is 1. The number of hydrogen-bond donors (Lipinski definition) is 2. The highest BCUT2D eigenvalue weighted by molar-refractivity contribution is 6.36. The molecule has 0 spiro atoms. The minimum absolute atomic E-state index is 0.0284. The lowest BCUT2D eigenvalue weighted by Crippen LogP contribution is -2.37. The molecule has 3 aromatic carbocycles. The van der Waals surface area contributed by atoms with E-state index in [-0.39, 0.29) is 23.9 Å². The Morgan fingerprint density at radius 2 is 1.71 bits per heavy atom. The number of amides is 1. The van der Waals surface area contributed by atoms with Gasteiger partial charge in [-0.2, -0.15) is 0 Å². The van der Waals surface area contributed by atoms with E-state index in [0.29, 0.717) is 45.4 Å². The van der Waals surface area contributed by atoms with E-state index in [9.17, 15) is 9.59 Å². The summed E-state index contributed by atoms with van der Waals surface area (Å²) in [4.78, 5) is 29.8. The molecule has 1 amide bonds. The second kappa shape index (κ2) is 14.7. The summed E-state index contributed by atoms with van der Waals surface area (Å²) < 4.78 is 7.81. The Balaban J connectivity index is 1.41. The minimum atomic E-state index is -0.993. The molecule has 1 fully saturated rings. The number of carbonyl (C=O) groups is 2. The molecule has 2 N–H and O–H groups in total. The van der Waals surface area contributed by atoms with Gasteiger partial charge in [0.15, 0.2) is 0 Å². The Labute approximate surface area is 273 Å². The van der Waals surface area contributed by atoms with E-state index in [1.54, 1.807) is 24.3 Å². The monoisotopic (exact) mass is 643 g/mol. The number of terminal acetylenes is 1. The lowest BCUT2D eigenvalue weighted by Gasteiger charge is -2.29. The topological polar surface area (TPSA) is 93.5 Å². The van der Waals surface area contributed by atoms with Gasteiger partial charge in [0, 0.05) is 22.7 Å². The molecule has 1 heterocycles. The number of imidazole rings is 1. The van der Waals surface area contributed by atoms with Gasteiger partial charge in [0.25, 0.3) is 0 Å². The third-order valence-electron chi connectivity index (χ3n) is 8.40. The van der Waals surface area contributed by atoms with E-state index < -0.39 is 12.0 Å². The van der Waals surface area contributed by atoms with E-state index in [1.165, 1.54) is 12.1 Å². The van der Waals surface area contributed by atoms with Crippen LogP contribution in [0.15, 0.2) is 72.9 Å². The van der Waals surface area contributed by atoms with Crippen LogP contribution >= 0.6 is 23.2 Å². The number of aromatic carboxylic acids is 1. The van der Waals surface area contributed by atoms with Crippen LogP contribution in [0.3, 0.4) is 0 Å². The van der Waals surface area contributed by atoms with Crippen LogP contribution in [0.1, 0.15) is 66.8 Å². The predicted molar refractivity (Wildman–Crippen MR) is 177 cm³/mol. The molecule has 1 saturated carbocycles. The summed E-state index contributed by atoms with van der Waals surface area (Å²) >= 11 is 12.7. The molecule has 0 bridgehead atoms. The quantitative estimate of drug-likeness (QED) is 0.160. The van der Waals surface area contributed by atoms with Crippen molar-refractivity contribution in [3.8, 4) is 35.1 Å². The largest absolute Gasteiger partial charge is 0.478 e. The fraction of sp³-hybridized carbons (Fsp3) is 0.306. The van der Waals surface area contributed by atoms with Gasteiger partial charge in [-0.05, 0) is 98.2 Å². The van der Waals surface area contributed by atoms with Gasteiger partial charge < -0.3 is 19.7 Å². The maximum atomic E-state index is 13.6. The fourth-order valence-corrected chi connectivity index (χ4v) is 6.33. The highest BCUT2D eigenvalue weighted by Gasteiger charge is 2.29. The first kappa shape index (κ1) is 32.2. The van der Waals surface area contributed by atoms with Crippen LogP contribution in [-0.4, -0.2) is 26.5 Å². The summed E-state index contributed by atoms with van der Waals surface area (Å²) in [6.07, 6.45) is 13.1. The van der Waals surface area contributed by atoms with Crippen molar-refractivity contribution in [1.29, 1.82) is 0 Å². The molecule has 9 heteroatoms. The van der Waals surface area contributed by atoms with Crippen molar-refractivity contribution < 1.29 is 19.4 Å². The molecule has 45 heavy (non-hydrogen) atoms. The molecule has 0 radical (unpaired) electrons. The summed E-state index contributed by atoms with van der Waals surface area (Å²) in [5, 5.41) is 13.5. The van der Waals surface area contributed by atoms with Crippen LogP contribution in [0.4, 0.5) is 0 Å². The summed E-state index contributed by atoms with van der Waals surface area (Å²) in [5.41, 5.74) is 2.51. The molecule has 1 aromatic heterocycles. The summed E-state index contributed by atoms with van der Waals surface area (Å²) in [6.45, 7) is 2.48. The highest BCUT2D eigenvalue weighted by Crippen LogP contribution is 2.34. The van der Waals surface area contributed by atoms with Crippen LogP contribution in [0.5, 0.6) is 11.5 Å². The molecule has 1 aliphatic rings. The van der Waals surface area contributed by atoms with Crippen molar-refractivity contribution in [3.05, 3.63) is 99.9 Å². The first-order valence-corrected chi connectivity index (χ1v) is 15.9. The molecule has 0 unspecified atom stereocenters. The smallest absolute Gasteiger partial charge is 0.335 e. The molecule has 0 saturated heterocycles. The number of aromatic nitrogens is 2. The van der Waals surface area contributed by atoms with E-state index in [2.05, 4.69) is 18.2 Å². The van der Waals surface area contributed by atoms with Crippen LogP contribution in [0.25, 0.3) is 11.3 Å². The lowest BCUT2D eigenvalue weighted by molar-refractivity contribution is -0.127. The molecule has 1 atom stereocenters. The maximum Gasteiger partial charge on any atom is 0.335 e. The Hall–Kier alpha value is -4.25. The Morgan fingerprint density at radius 3 is 2.31 bits per heavy atom. The predicted octanol–water partition coefficient (Wildman–Crippen LogP) is 8.60. The minimum Gasteiger partial charge on any atom is -0.478 e. The van der Waals surface area contributed by atoms with Gasteiger partial charge in [-0.1, -0.05) is 54.6 Å². The van der Waals surface area contributed by atoms with Crippen molar-refractivity contribution in [3.63, 3.8) is 0 Å². The van der Waals surface area contributed by atoms with Gasteiger partial charge in [0.05, 0.1) is 28.9 Å². The Morgan fingerprint density at radius 1 is 1.04 bits per heavy atom. The van der Waals surface area contributed by atoms with Crippen molar-refractivity contribution in [2.24, 2.45) is 11.8 Å². The Bertz CT molecular complexity index is 1680. The summed E-state index contributed by atoms with van der Waals surface area (Å²) in [6, 6.07) is 18.6. The maximum absolute atomic E-state index is 13.6. The molecule has 0 aliphatic heterocycles. The average molecular weight is 645 g/mol. The fourth-order valence-electron chi connectivity index (χ4n) is 5.82. The molecular formula is C36H35Cl2N3O4. The zero-order chi connectivity index (χ0) is 31.9. The third-order valence-corrected chi connectivity index (χ3v) is 8.95. The average Bonchev–Trinajstić information content (AvgIpc) is 3.45. The SMILES string of the molecule is C#CCn1cc(-c2ccc(Cl)cc2Cl)nc1[C@H](Cc1ccc(Oc2ccc(C(=O)O)cc2)cc1)NC(=O)[C@H]1CC[C@H](CC)CC1. The molecule has 7 nitrogen and oxygen atoms in total. The number of nitrogens with zero attached hydrogens (tertiary/aromatic N) is 2. The first-order chi connectivity index (χ1) is 21.7. The number of carbonyl (C=O) groups excluding carboxylic acids is 1. The van der Waals surface area contributed by atoms with E-state index in [1.807, 2.05) is 41.1 Å². The van der Waals surface area contributed by atoms with E-state index in [4.69, 9.17) is 44.5 Å². The van der Waals surface area contributed by atoms with Gasteiger partial charge >= 0.3 is 5.97 Å². The van der Waals surface area contributed by atoms with Crippen molar-refractivity contribution in [2.45, 2.75) is 58.0 Å². The first-order valence-electron chi connectivity index (χ1n) is 15.1. The van der Waals surface area contributed by atoms with Gasteiger partial charge in [-0.3, -0.25) is 4.79 Å². The summed E-state index contributed by atoms with van der Waals surface area (Å²) in [5.74, 6) is 4.15. The normalized spacial score (nSPS) is 16.8. The van der Waals surface area contributed by atoms with Gasteiger partial charge in [0.2, 0.25) is 5.91 Å². The summed E-state index contributed by atoms with van der Waals surface area (Å²) in [7, 11) is 0. The van der Waals surface area contributed by atoms with Gasteiger partial charge in [0.1, 0.15) is 17.3 Å². The second-order valence-corrected chi connectivity index (χ2v) is 12.3. The number of hydrogen-bond acceptors (Lipinski definition) is 4. The molecular weight excluding hydrogens is 609 g/mol. The van der Waals surface area contributed by atoms with Gasteiger partial charge in [-0.25, -0.2) is 9.78 Å². The molecule has 5 rings (SSSR count). The Kier molecular flexibility index (Phi) is 10.5. The zero-order valence-electron chi connectivity index (χ0n) is 25.0. The standard InChI is InChI=1S/C36H35Cl2N3O4/c1-3-19-41-22-33(30-18-13-27(37)21-31(30)38)39-34(41)32(40-35(42)25-9-5-23(4-2)6-10-25)20-24-7-14-28(15-8-24)45-29-16-11-26(12-17-29)36(43)44/h1,7-8,11-18,21-23,25,32H,4-6,9-10,19-20H2,2H3,(H,40,42)(H,43,44)/t23-,25-,32-/m0/s1. The van der Waals surface area contributed by atoms with Crippen LogP contribution < -0.4 is 10.1 Å². The number of carboxylic acid groups (broad SMARTS) is 1. The number of rotatable bonds is 11. The highest BCUT2D eigenvalue weighted by atomic mass is 35.5. The molecule has 4 aromatic rings. The second-order valence-electron chi connectivity index (χ2n) is 11.4. The van der Waals surface area contributed by atoms with Crippen LogP contribution in [-0.2, 0) is 17.8 Å². The number of carboxylic acids is 1. The van der Waals surface area contributed by atoms with E-state index in [0.717, 1.165) is 43.2 Å². The van der Waals surface area contributed by atoms with Crippen molar-refractivity contribution >= 4 is 35.1 Å². The number of benzene rings is 3.